The summed E-state index contributed by atoms with van der Waals surface area (Å²) < 4.78 is 27.9. The van der Waals surface area contributed by atoms with E-state index in [0.717, 1.165) is 29.5 Å². The van der Waals surface area contributed by atoms with Gasteiger partial charge in [-0.3, -0.25) is 14.0 Å². The van der Waals surface area contributed by atoms with E-state index in [1.807, 2.05) is 12.1 Å². The molecule has 1 fully saturated rings. The van der Waals surface area contributed by atoms with Gasteiger partial charge in [-0.25, -0.2) is 8.42 Å². The molecule has 1 aliphatic heterocycles. The highest BCUT2D eigenvalue weighted by molar-refractivity contribution is 7.92. The van der Waals surface area contributed by atoms with Gasteiger partial charge in [0.15, 0.2) is 0 Å². The molecule has 8 heteroatoms. The van der Waals surface area contributed by atoms with E-state index >= 15 is 0 Å². The van der Waals surface area contributed by atoms with Gasteiger partial charge in [-0.05, 0) is 67.4 Å². The molecule has 0 radical (unpaired) electrons. The smallest absolute Gasteiger partial charge is 0.264 e. The highest BCUT2D eigenvalue weighted by Crippen LogP contribution is 2.26. The summed E-state index contributed by atoms with van der Waals surface area (Å²) in [5.41, 5.74) is 2.53. The van der Waals surface area contributed by atoms with Gasteiger partial charge in [-0.1, -0.05) is 66.6 Å². The molecule has 1 aliphatic rings. The molecule has 0 saturated carbocycles. The number of likely N-dealkylation sites (tertiary alicyclic amines) is 1. The summed E-state index contributed by atoms with van der Waals surface area (Å²) >= 11 is 6.12. The zero-order valence-corrected chi connectivity index (χ0v) is 21.1. The SMILES string of the molecule is O=C(CN(c1cccc(Cl)c1)S(=O)(=O)c1ccccc1)NCc1cccc(CN2CCCCC2)c1. The fourth-order valence-corrected chi connectivity index (χ4v) is 5.89. The van der Waals surface area contributed by atoms with Gasteiger partial charge in [0.1, 0.15) is 6.54 Å². The predicted molar refractivity (Wildman–Crippen MR) is 140 cm³/mol. The number of anilines is 1. The van der Waals surface area contributed by atoms with E-state index in [9.17, 15) is 13.2 Å². The third-order valence-corrected chi connectivity index (χ3v) is 8.07. The lowest BCUT2D eigenvalue weighted by molar-refractivity contribution is -0.119. The van der Waals surface area contributed by atoms with Crippen molar-refractivity contribution in [3.8, 4) is 0 Å². The molecule has 0 aromatic heterocycles. The average Bonchev–Trinajstić information content (AvgIpc) is 2.87. The van der Waals surface area contributed by atoms with Crippen LogP contribution in [0, 0.1) is 0 Å². The van der Waals surface area contributed by atoms with Crippen LogP contribution in [0.15, 0.2) is 83.8 Å². The van der Waals surface area contributed by atoms with E-state index in [2.05, 4.69) is 22.3 Å². The zero-order valence-electron chi connectivity index (χ0n) is 19.6. The number of piperidine rings is 1. The standard InChI is InChI=1S/C27H30ClN3O3S/c28-24-11-8-12-25(18-24)31(35(33,34)26-13-3-1-4-14-26)21-27(32)29-19-22-9-7-10-23(17-22)20-30-15-5-2-6-16-30/h1,3-4,7-14,17-18H,2,5-6,15-16,19-21H2,(H,29,32). The number of sulfonamides is 1. The van der Waals surface area contributed by atoms with Crippen molar-refractivity contribution in [3.05, 3.63) is 95.0 Å². The number of amides is 1. The Bertz CT molecular complexity index is 1250. The van der Waals surface area contributed by atoms with Crippen LogP contribution in [0.3, 0.4) is 0 Å². The number of rotatable bonds is 9. The molecule has 0 spiro atoms. The summed E-state index contributed by atoms with van der Waals surface area (Å²) in [5, 5.41) is 3.27. The zero-order chi connectivity index (χ0) is 24.7. The van der Waals surface area contributed by atoms with Gasteiger partial charge in [-0.2, -0.15) is 0 Å². The van der Waals surface area contributed by atoms with E-state index in [0.29, 0.717) is 17.3 Å². The Hall–Kier alpha value is -2.87. The maximum absolute atomic E-state index is 13.4. The summed E-state index contributed by atoms with van der Waals surface area (Å²) in [5.74, 6) is -0.397. The minimum atomic E-state index is -3.96. The van der Waals surface area contributed by atoms with E-state index in [1.165, 1.54) is 37.0 Å². The summed E-state index contributed by atoms with van der Waals surface area (Å²) in [6.07, 6.45) is 3.78. The maximum atomic E-state index is 13.4. The minimum Gasteiger partial charge on any atom is -0.350 e. The van der Waals surface area contributed by atoms with Crippen molar-refractivity contribution >= 4 is 33.2 Å². The molecular weight excluding hydrogens is 482 g/mol. The molecule has 1 N–H and O–H groups in total. The van der Waals surface area contributed by atoms with Crippen molar-refractivity contribution in [2.45, 2.75) is 37.2 Å². The van der Waals surface area contributed by atoms with E-state index in [-0.39, 0.29) is 11.4 Å². The lowest BCUT2D eigenvalue weighted by Gasteiger charge is -2.26. The third kappa shape index (κ3) is 6.84. The average molecular weight is 512 g/mol. The molecule has 1 saturated heterocycles. The minimum absolute atomic E-state index is 0.109. The maximum Gasteiger partial charge on any atom is 0.264 e. The lowest BCUT2D eigenvalue weighted by Crippen LogP contribution is -2.40. The number of carbonyl (C=O) groups is 1. The molecule has 3 aromatic rings. The number of benzene rings is 3. The first kappa shape index (κ1) is 25.2. The molecule has 3 aromatic carbocycles. The van der Waals surface area contributed by atoms with Gasteiger partial charge in [0.25, 0.3) is 10.0 Å². The largest absolute Gasteiger partial charge is 0.350 e. The fourth-order valence-electron chi connectivity index (χ4n) is 4.27. The second-order valence-electron chi connectivity index (χ2n) is 8.74. The number of nitrogens with zero attached hydrogens (tertiary/aromatic N) is 2. The second kappa shape index (κ2) is 11.7. The van der Waals surface area contributed by atoms with Crippen LogP contribution in [-0.4, -0.2) is 38.9 Å². The number of hydrogen-bond donors (Lipinski definition) is 1. The van der Waals surface area contributed by atoms with Gasteiger partial charge in [0.2, 0.25) is 5.91 Å². The van der Waals surface area contributed by atoms with Crippen molar-refractivity contribution in [1.29, 1.82) is 0 Å². The van der Waals surface area contributed by atoms with Crippen LogP contribution in [0.5, 0.6) is 0 Å². The fraction of sp³-hybridized carbons (Fsp3) is 0.296. The summed E-state index contributed by atoms with van der Waals surface area (Å²) in [6.45, 7) is 3.11. The molecule has 35 heavy (non-hydrogen) atoms. The summed E-state index contributed by atoms with van der Waals surface area (Å²) in [4.78, 5) is 15.5. The van der Waals surface area contributed by atoms with Crippen LogP contribution in [0.4, 0.5) is 5.69 Å². The van der Waals surface area contributed by atoms with Gasteiger partial charge < -0.3 is 5.32 Å². The van der Waals surface area contributed by atoms with Gasteiger partial charge >= 0.3 is 0 Å². The number of nitrogens with one attached hydrogen (secondary N) is 1. The highest BCUT2D eigenvalue weighted by Gasteiger charge is 2.27. The first-order valence-electron chi connectivity index (χ1n) is 11.8. The molecular formula is C27H30ClN3O3S. The van der Waals surface area contributed by atoms with Crippen LogP contribution < -0.4 is 9.62 Å². The molecule has 0 unspecified atom stereocenters. The van der Waals surface area contributed by atoms with Crippen molar-refractivity contribution in [2.24, 2.45) is 0 Å². The van der Waals surface area contributed by atoms with E-state index in [1.54, 1.807) is 42.5 Å². The monoisotopic (exact) mass is 511 g/mol. The van der Waals surface area contributed by atoms with Crippen molar-refractivity contribution in [1.82, 2.24) is 10.2 Å². The normalized spacial score (nSPS) is 14.4. The number of halogens is 1. The van der Waals surface area contributed by atoms with E-state index < -0.39 is 15.9 Å². The Balaban J connectivity index is 1.45. The Kier molecular flexibility index (Phi) is 8.44. The van der Waals surface area contributed by atoms with Gasteiger partial charge in [-0.15, -0.1) is 0 Å². The number of hydrogen-bond acceptors (Lipinski definition) is 4. The first-order chi connectivity index (χ1) is 16.9. The summed E-state index contributed by atoms with van der Waals surface area (Å²) in [7, 11) is -3.96. The lowest BCUT2D eigenvalue weighted by atomic mass is 10.1. The quantitative estimate of drug-likeness (QED) is 0.446. The molecule has 184 valence electrons. The van der Waals surface area contributed by atoms with Crippen molar-refractivity contribution in [3.63, 3.8) is 0 Å². The summed E-state index contributed by atoms with van der Waals surface area (Å²) in [6, 6.07) is 22.7. The molecule has 1 heterocycles. The van der Waals surface area contributed by atoms with Crippen LogP contribution >= 0.6 is 11.6 Å². The van der Waals surface area contributed by atoms with Crippen LogP contribution in [-0.2, 0) is 27.9 Å². The van der Waals surface area contributed by atoms with Crippen LogP contribution in [0.2, 0.25) is 5.02 Å². The van der Waals surface area contributed by atoms with Crippen molar-refractivity contribution < 1.29 is 13.2 Å². The molecule has 4 rings (SSSR count). The topological polar surface area (TPSA) is 69.7 Å². The molecule has 0 aliphatic carbocycles. The predicted octanol–water partition coefficient (Wildman–Crippen LogP) is 4.84. The van der Waals surface area contributed by atoms with Gasteiger partial charge in [0, 0.05) is 18.1 Å². The van der Waals surface area contributed by atoms with Crippen molar-refractivity contribution in [2.75, 3.05) is 23.9 Å². The molecule has 1 amide bonds. The van der Waals surface area contributed by atoms with E-state index in [4.69, 9.17) is 11.6 Å². The Labute approximate surface area is 212 Å². The molecule has 0 bridgehead atoms. The molecule has 0 atom stereocenters. The van der Waals surface area contributed by atoms with Crippen LogP contribution in [0.25, 0.3) is 0 Å². The Morgan fingerprint density at radius 3 is 2.34 bits per heavy atom. The van der Waals surface area contributed by atoms with Crippen LogP contribution in [0.1, 0.15) is 30.4 Å². The second-order valence-corrected chi connectivity index (χ2v) is 11.0. The number of carbonyl (C=O) groups excluding carboxylic acids is 1. The Morgan fingerprint density at radius 2 is 1.60 bits per heavy atom. The first-order valence-corrected chi connectivity index (χ1v) is 13.6. The molecule has 6 nitrogen and oxygen atoms in total. The third-order valence-electron chi connectivity index (χ3n) is 6.05. The van der Waals surface area contributed by atoms with Gasteiger partial charge in [0.05, 0.1) is 10.6 Å². The highest BCUT2D eigenvalue weighted by atomic mass is 35.5. The Morgan fingerprint density at radius 1 is 0.886 bits per heavy atom.